The van der Waals surface area contributed by atoms with Crippen LogP contribution in [0.15, 0.2) is 71.6 Å². The van der Waals surface area contributed by atoms with Gasteiger partial charge in [0.05, 0.1) is 11.4 Å². The number of benzene rings is 3. The summed E-state index contributed by atoms with van der Waals surface area (Å²) in [5.41, 5.74) is 1.88. The van der Waals surface area contributed by atoms with Crippen molar-refractivity contribution in [3.8, 4) is 0 Å². The summed E-state index contributed by atoms with van der Waals surface area (Å²) in [7, 11) is -2.54. The van der Waals surface area contributed by atoms with Crippen LogP contribution in [0.5, 0.6) is 0 Å². The van der Waals surface area contributed by atoms with Crippen molar-refractivity contribution < 1.29 is 18.0 Å². The first kappa shape index (κ1) is 26.4. The number of carbonyl (C=O) groups is 2. The second-order valence-corrected chi connectivity index (χ2v) is 11.1. The fraction of sp³-hybridized carbons (Fsp3) is 0.333. The number of hydrogen-bond donors (Lipinski definition) is 1. The molecular weight excluding hydrogens is 462 g/mol. The summed E-state index contributed by atoms with van der Waals surface area (Å²) < 4.78 is 27.6. The number of amides is 2. The summed E-state index contributed by atoms with van der Waals surface area (Å²) in [5.74, 6) is -0.742. The van der Waals surface area contributed by atoms with Gasteiger partial charge in [0.1, 0.15) is 6.04 Å². The molecule has 0 fully saturated rings. The molecule has 0 bridgehead atoms. The fourth-order valence-electron chi connectivity index (χ4n) is 3.83. The van der Waals surface area contributed by atoms with Gasteiger partial charge >= 0.3 is 0 Å². The van der Waals surface area contributed by atoms with Crippen LogP contribution in [0.4, 0.5) is 0 Å². The molecule has 186 valence electrons. The van der Waals surface area contributed by atoms with Crippen LogP contribution < -0.4 is 5.32 Å². The van der Waals surface area contributed by atoms with Crippen molar-refractivity contribution in [1.29, 1.82) is 0 Å². The number of aryl methyl sites for hydroxylation is 1. The summed E-state index contributed by atoms with van der Waals surface area (Å²) in [6, 6.07) is 19.1. The maximum absolute atomic E-state index is 13.4. The van der Waals surface area contributed by atoms with Gasteiger partial charge in [-0.25, -0.2) is 8.42 Å². The van der Waals surface area contributed by atoms with Crippen molar-refractivity contribution in [3.05, 3.63) is 77.9 Å². The van der Waals surface area contributed by atoms with Gasteiger partial charge in [0.25, 0.3) is 0 Å². The van der Waals surface area contributed by atoms with E-state index in [1.165, 1.54) is 11.9 Å². The number of carbonyl (C=O) groups excluding carboxylic acids is 2. The maximum atomic E-state index is 13.4. The van der Waals surface area contributed by atoms with E-state index in [-0.39, 0.29) is 29.9 Å². The first-order valence-corrected chi connectivity index (χ1v) is 13.0. The molecule has 0 saturated heterocycles. The molecular formula is C27H33N3O4S. The number of likely N-dealkylation sites (N-methyl/N-ethyl adjacent to an activating group) is 1. The minimum atomic E-state index is -3.92. The van der Waals surface area contributed by atoms with Gasteiger partial charge in [-0.1, -0.05) is 54.6 Å². The summed E-state index contributed by atoms with van der Waals surface area (Å²) in [5, 5.41) is 4.57. The molecule has 0 aromatic heterocycles. The molecule has 3 aromatic rings. The minimum absolute atomic E-state index is 0.0867. The number of rotatable bonds is 9. The highest BCUT2D eigenvalue weighted by atomic mass is 32.2. The van der Waals surface area contributed by atoms with Gasteiger partial charge in [0.2, 0.25) is 21.8 Å². The predicted octanol–water partition coefficient (Wildman–Crippen LogP) is 3.71. The summed E-state index contributed by atoms with van der Waals surface area (Å²) in [6.45, 7) is 7.10. The van der Waals surface area contributed by atoms with Gasteiger partial charge in [0.15, 0.2) is 0 Å². The highest BCUT2D eigenvalue weighted by Crippen LogP contribution is 2.22. The lowest BCUT2D eigenvalue weighted by Gasteiger charge is -2.31. The third kappa shape index (κ3) is 6.26. The standard InChI is InChI=1S/C27H33N3O4S/c1-19(2)28-27(32)21(4)30(17-24-13-7-6-10-20(24)3)26(31)18-29(5)35(33,34)25-15-14-22-11-8-9-12-23(22)16-25/h6-16,19,21H,17-18H2,1-5H3,(H,28,32)/t21-/m0/s1. The number of sulfonamides is 1. The van der Waals surface area contributed by atoms with E-state index in [0.717, 1.165) is 26.2 Å². The normalized spacial score (nSPS) is 12.7. The Bertz CT molecular complexity index is 1320. The van der Waals surface area contributed by atoms with Gasteiger partial charge in [0, 0.05) is 19.6 Å². The van der Waals surface area contributed by atoms with Crippen LogP contribution in [0.3, 0.4) is 0 Å². The molecule has 0 saturated carbocycles. The molecule has 1 atom stereocenters. The monoisotopic (exact) mass is 495 g/mol. The zero-order chi connectivity index (χ0) is 25.8. The number of fused-ring (bicyclic) bond motifs is 1. The molecule has 0 aliphatic carbocycles. The molecule has 3 rings (SSSR count). The van der Waals surface area contributed by atoms with Crippen LogP contribution in [0.1, 0.15) is 31.9 Å². The summed E-state index contributed by atoms with van der Waals surface area (Å²) in [6.07, 6.45) is 0. The van der Waals surface area contributed by atoms with E-state index in [1.54, 1.807) is 25.1 Å². The Labute approximate surface area is 207 Å². The molecule has 35 heavy (non-hydrogen) atoms. The lowest BCUT2D eigenvalue weighted by atomic mass is 10.1. The van der Waals surface area contributed by atoms with E-state index in [1.807, 2.05) is 69.3 Å². The summed E-state index contributed by atoms with van der Waals surface area (Å²) in [4.78, 5) is 27.7. The third-order valence-corrected chi connectivity index (χ3v) is 7.79. The second kappa shape index (κ2) is 11.0. The Hall–Kier alpha value is -3.23. The van der Waals surface area contributed by atoms with Crippen LogP contribution >= 0.6 is 0 Å². The van der Waals surface area contributed by atoms with Crippen molar-refractivity contribution >= 4 is 32.6 Å². The predicted molar refractivity (Wildman–Crippen MR) is 138 cm³/mol. The van der Waals surface area contributed by atoms with E-state index in [4.69, 9.17) is 0 Å². The first-order chi connectivity index (χ1) is 16.5. The molecule has 0 spiro atoms. The van der Waals surface area contributed by atoms with Crippen molar-refractivity contribution in [2.24, 2.45) is 0 Å². The lowest BCUT2D eigenvalue weighted by Crippen LogP contribution is -2.51. The Morgan fingerprint density at radius 3 is 2.20 bits per heavy atom. The smallest absolute Gasteiger partial charge is 0.243 e. The molecule has 0 aliphatic heterocycles. The van der Waals surface area contributed by atoms with Crippen molar-refractivity contribution in [2.45, 2.75) is 51.2 Å². The minimum Gasteiger partial charge on any atom is -0.352 e. The molecule has 0 heterocycles. The third-order valence-electron chi connectivity index (χ3n) is 5.99. The molecule has 0 aliphatic rings. The zero-order valence-corrected chi connectivity index (χ0v) is 21.7. The Morgan fingerprint density at radius 2 is 1.54 bits per heavy atom. The molecule has 2 amide bonds. The van der Waals surface area contributed by atoms with Crippen LogP contribution in [0.2, 0.25) is 0 Å². The van der Waals surface area contributed by atoms with Crippen molar-refractivity contribution in [2.75, 3.05) is 13.6 Å². The van der Waals surface area contributed by atoms with Crippen LogP contribution in [0.25, 0.3) is 10.8 Å². The fourth-order valence-corrected chi connectivity index (χ4v) is 4.99. The quantitative estimate of drug-likeness (QED) is 0.490. The number of hydrogen-bond acceptors (Lipinski definition) is 4. The lowest BCUT2D eigenvalue weighted by molar-refractivity contribution is -0.140. The zero-order valence-electron chi connectivity index (χ0n) is 20.9. The van der Waals surface area contributed by atoms with E-state index in [0.29, 0.717) is 0 Å². The molecule has 0 radical (unpaired) electrons. The molecule has 8 heteroatoms. The average Bonchev–Trinajstić information content (AvgIpc) is 2.82. The van der Waals surface area contributed by atoms with Gasteiger partial charge in [-0.15, -0.1) is 0 Å². The van der Waals surface area contributed by atoms with E-state index >= 15 is 0 Å². The molecule has 7 nitrogen and oxygen atoms in total. The highest BCUT2D eigenvalue weighted by Gasteiger charge is 2.30. The van der Waals surface area contributed by atoms with Crippen molar-refractivity contribution in [1.82, 2.24) is 14.5 Å². The molecule has 3 aromatic carbocycles. The van der Waals surface area contributed by atoms with Gasteiger partial charge in [-0.05, 0) is 61.7 Å². The van der Waals surface area contributed by atoms with Crippen molar-refractivity contribution in [3.63, 3.8) is 0 Å². The summed E-state index contributed by atoms with van der Waals surface area (Å²) >= 11 is 0. The van der Waals surface area contributed by atoms with Crippen LogP contribution in [0, 0.1) is 6.92 Å². The topological polar surface area (TPSA) is 86.8 Å². The van der Waals surface area contributed by atoms with Crippen LogP contribution in [-0.2, 0) is 26.2 Å². The Kier molecular flexibility index (Phi) is 8.30. The Morgan fingerprint density at radius 1 is 0.914 bits per heavy atom. The van der Waals surface area contributed by atoms with Crippen LogP contribution in [-0.4, -0.2) is 55.1 Å². The first-order valence-electron chi connectivity index (χ1n) is 11.6. The molecule has 0 unspecified atom stereocenters. The van der Waals surface area contributed by atoms with E-state index in [9.17, 15) is 18.0 Å². The Balaban J connectivity index is 1.86. The largest absolute Gasteiger partial charge is 0.352 e. The number of nitrogens with zero attached hydrogens (tertiary/aromatic N) is 2. The van der Waals surface area contributed by atoms with Gasteiger partial charge in [-0.3, -0.25) is 9.59 Å². The SMILES string of the molecule is Cc1ccccc1CN(C(=O)CN(C)S(=O)(=O)c1ccc2ccccc2c1)[C@@H](C)C(=O)NC(C)C. The average molecular weight is 496 g/mol. The second-order valence-electron chi connectivity index (χ2n) is 9.06. The van der Waals surface area contributed by atoms with E-state index < -0.39 is 22.0 Å². The molecule has 1 N–H and O–H groups in total. The number of nitrogens with one attached hydrogen (secondary N) is 1. The highest BCUT2D eigenvalue weighted by molar-refractivity contribution is 7.89. The van der Waals surface area contributed by atoms with Gasteiger partial charge < -0.3 is 10.2 Å². The van der Waals surface area contributed by atoms with Gasteiger partial charge in [-0.2, -0.15) is 4.31 Å². The maximum Gasteiger partial charge on any atom is 0.243 e. The van der Waals surface area contributed by atoms with E-state index in [2.05, 4.69) is 5.32 Å².